The molecule has 70 valence electrons. The SMILES string of the molecule is Cc1cc(C2(N)CC2)c(F)cc1O. The van der Waals surface area contributed by atoms with E-state index in [1.54, 1.807) is 13.0 Å². The molecule has 1 aromatic rings. The van der Waals surface area contributed by atoms with E-state index in [1.807, 2.05) is 0 Å². The quantitative estimate of drug-likeness (QED) is 0.693. The smallest absolute Gasteiger partial charge is 0.131 e. The lowest BCUT2D eigenvalue weighted by molar-refractivity contribution is 0.461. The van der Waals surface area contributed by atoms with E-state index in [-0.39, 0.29) is 5.75 Å². The normalized spacial score (nSPS) is 18.7. The van der Waals surface area contributed by atoms with E-state index >= 15 is 0 Å². The third kappa shape index (κ3) is 1.29. The Morgan fingerprint density at radius 1 is 1.46 bits per heavy atom. The van der Waals surface area contributed by atoms with Crippen LogP contribution in [0.1, 0.15) is 24.0 Å². The van der Waals surface area contributed by atoms with Crippen LogP contribution in [-0.4, -0.2) is 5.11 Å². The molecule has 0 unspecified atom stereocenters. The van der Waals surface area contributed by atoms with Crippen LogP contribution in [0.3, 0.4) is 0 Å². The second-order valence-corrected chi connectivity index (χ2v) is 3.77. The van der Waals surface area contributed by atoms with Gasteiger partial charge in [0.15, 0.2) is 0 Å². The fraction of sp³-hybridized carbons (Fsp3) is 0.400. The molecule has 3 heteroatoms. The van der Waals surface area contributed by atoms with E-state index in [2.05, 4.69) is 0 Å². The van der Waals surface area contributed by atoms with E-state index in [1.165, 1.54) is 0 Å². The second kappa shape index (κ2) is 2.45. The standard InChI is InChI=1S/C10H12FNO/c1-6-4-7(10(12)2-3-10)8(11)5-9(6)13/h4-5,13H,2-3,12H2,1H3. The fourth-order valence-corrected chi connectivity index (χ4v) is 1.46. The summed E-state index contributed by atoms with van der Waals surface area (Å²) in [4.78, 5) is 0. The fourth-order valence-electron chi connectivity index (χ4n) is 1.46. The first-order valence-electron chi connectivity index (χ1n) is 4.31. The van der Waals surface area contributed by atoms with Crippen LogP contribution in [0.4, 0.5) is 4.39 Å². The molecule has 2 rings (SSSR count). The number of halogens is 1. The summed E-state index contributed by atoms with van der Waals surface area (Å²) in [5, 5.41) is 9.23. The number of aromatic hydroxyl groups is 1. The molecule has 0 atom stereocenters. The third-order valence-electron chi connectivity index (χ3n) is 2.61. The second-order valence-electron chi connectivity index (χ2n) is 3.77. The van der Waals surface area contributed by atoms with Gasteiger partial charge in [-0.1, -0.05) is 0 Å². The van der Waals surface area contributed by atoms with Gasteiger partial charge in [-0.05, 0) is 31.4 Å². The van der Waals surface area contributed by atoms with Gasteiger partial charge in [0.05, 0.1) is 0 Å². The molecule has 0 spiro atoms. The van der Waals surface area contributed by atoms with Crippen molar-refractivity contribution >= 4 is 0 Å². The molecule has 0 bridgehead atoms. The number of phenolic OH excluding ortho intramolecular Hbond substituents is 1. The Morgan fingerprint density at radius 2 is 2.08 bits per heavy atom. The summed E-state index contributed by atoms with van der Waals surface area (Å²) in [6.45, 7) is 1.74. The Balaban J connectivity index is 2.52. The number of nitrogens with two attached hydrogens (primary N) is 1. The van der Waals surface area contributed by atoms with Gasteiger partial charge in [0.1, 0.15) is 11.6 Å². The number of hydrogen-bond acceptors (Lipinski definition) is 2. The van der Waals surface area contributed by atoms with Gasteiger partial charge in [0, 0.05) is 17.2 Å². The largest absolute Gasteiger partial charge is 0.508 e. The summed E-state index contributed by atoms with van der Waals surface area (Å²) in [5.41, 5.74) is 6.60. The molecule has 1 fully saturated rings. The Bertz CT molecular complexity index is 358. The molecule has 0 saturated heterocycles. The summed E-state index contributed by atoms with van der Waals surface area (Å²) in [7, 11) is 0. The number of aryl methyl sites for hydroxylation is 1. The highest BCUT2D eigenvalue weighted by Crippen LogP contribution is 2.44. The molecule has 13 heavy (non-hydrogen) atoms. The molecule has 0 aliphatic heterocycles. The zero-order valence-corrected chi connectivity index (χ0v) is 7.47. The maximum atomic E-state index is 13.3. The monoisotopic (exact) mass is 181 g/mol. The van der Waals surface area contributed by atoms with Gasteiger partial charge in [0.25, 0.3) is 0 Å². The molecule has 1 aliphatic carbocycles. The molecule has 0 amide bonds. The zero-order valence-electron chi connectivity index (χ0n) is 7.47. The van der Waals surface area contributed by atoms with Crippen molar-refractivity contribution < 1.29 is 9.50 Å². The van der Waals surface area contributed by atoms with E-state index in [9.17, 15) is 9.50 Å². The van der Waals surface area contributed by atoms with E-state index in [0.29, 0.717) is 11.1 Å². The van der Waals surface area contributed by atoms with E-state index < -0.39 is 11.4 Å². The lowest BCUT2D eigenvalue weighted by atomic mass is 10.0. The molecular formula is C10H12FNO. The van der Waals surface area contributed by atoms with E-state index in [4.69, 9.17) is 5.73 Å². The molecule has 0 radical (unpaired) electrons. The predicted molar refractivity (Wildman–Crippen MR) is 47.9 cm³/mol. The molecule has 0 aromatic heterocycles. The van der Waals surface area contributed by atoms with Crippen LogP contribution in [-0.2, 0) is 5.54 Å². The molecule has 3 N–H and O–H groups in total. The molecule has 1 aliphatic rings. The van der Waals surface area contributed by atoms with E-state index in [0.717, 1.165) is 18.9 Å². The predicted octanol–water partition coefficient (Wildman–Crippen LogP) is 1.79. The lowest BCUT2D eigenvalue weighted by Gasteiger charge is -2.11. The number of hydrogen-bond donors (Lipinski definition) is 2. The molecule has 1 saturated carbocycles. The highest BCUT2D eigenvalue weighted by molar-refractivity contribution is 5.41. The first-order chi connectivity index (χ1) is 6.03. The lowest BCUT2D eigenvalue weighted by Crippen LogP contribution is -2.20. The minimum absolute atomic E-state index is 0.00880. The van der Waals surface area contributed by atoms with Crippen LogP contribution >= 0.6 is 0 Å². The van der Waals surface area contributed by atoms with Crippen LogP contribution in [0.5, 0.6) is 5.75 Å². The summed E-state index contributed by atoms with van der Waals surface area (Å²) in [6, 6.07) is 2.77. The van der Waals surface area contributed by atoms with Crippen LogP contribution in [0.15, 0.2) is 12.1 Å². The van der Waals surface area contributed by atoms with Crippen molar-refractivity contribution in [1.29, 1.82) is 0 Å². The summed E-state index contributed by atoms with van der Waals surface area (Å²) < 4.78 is 13.3. The molecule has 2 nitrogen and oxygen atoms in total. The zero-order chi connectivity index (χ0) is 9.64. The Morgan fingerprint density at radius 3 is 2.62 bits per heavy atom. The Kier molecular flexibility index (Phi) is 1.60. The van der Waals surface area contributed by atoms with Crippen molar-refractivity contribution in [2.75, 3.05) is 0 Å². The first-order valence-corrected chi connectivity index (χ1v) is 4.31. The Labute approximate surface area is 76.2 Å². The van der Waals surface area contributed by atoms with Gasteiger partial charge in [-0.15, -0.1) is 0 Å². The number of benzene rings is 1. The summed E-state index contributed by atoms with van der Waals surface area (Å²) in [6.07, 6.45) is 1.66. The minimum atomic E-state index is -0.470. The van der Waals surface area contributed by atoms with Gasteiger partial charge >= 0.3 is 0 Å². The van der Waals surface area contributed by atoms with Crippen LogP contribution < -0.4 is 5.73 Å². The van der Waals surface area contributed by atoms with Crippen molar-refractivity contribution in [2.24, 2.45) is 5.73 Å². The molecule has 0 heterocycles. The van der Waals surface area contributed by atoms with Crippen molar-refractivity contribution in [2.45, 2.75) is 25.3 Å². The highest BCUT2D eigenvalue weighted by atomic mass is 19.1. The number of rotatable bonds is 1. The molecular weight excluding hydrogens is 169 g/mol. The highest BCUT2D eigenvalue weighted by Gasteiger charge is 2.42. The van der Waals surface area contributed by atoms with Crippen molar-refractivity contribution in [3.63, 3.8) is 0 Å². The first kappa shape index (κ1) is 8.51. The topological polar surface area (TPSA) is 46.2 Å². The van der Waals surface area contributed by atoms with Crippen LogP contribution in [0.25, 0.3) is 0 Å². The average Bonchev–Trinajstić information content (AvgIpc) is 2.77. The maximum absolute atomic E-state index is 13.3. The summed E-state index contributed by atoms with van der Waals surface area (Å²) in [5.74, 6) is -0.409. The number of phenols is 1. The van der Waals surface area contributed by atoms with Gasteiger partial charge in [-0.2, -0.15) is 0 Å². The Hall–Kier alpha value is -1.09. The van der Waals surface area contributed by atoms with Crippen molar-refractivity contribution in [3.05, 3.63) is 29.1 Å². The molecule has 1 aromatic carbocycles. The summed E-state index contributed by atoms with van der Waals surface area (Å²) >= 11 is 0. The van der Waals surface area contributed by atoms with Crippen LogP contribution in [0, 0.1) is 12.7 Å². The van der Waals surface area contributed by atoms with Crippen molar-refractivity contribution in [3.8, 4) is 5.75 Å². The van der Waals surface area contributed by atoms with Gasteiger partial charge in [-0.3, -0.25) is 0 Å². The van der Waals surface area contributed by atoms with Crippen LogP contribution in [0.2, 0.25) is 0 Å². The third-order valence-corrected chi connectivity index (χ3v) is 2.61. The van der Waals surface area contributed by atoms with Gasteiger partial charge < -0.3 is 10.8 Å². The maximum Gasteiger partial charge on any atom is 0.131 e. The van der Waals surface area contributed by atoms with Crippen molar-refractivity contribution in [1.82, 2.24) is 0 Å². The van der Waals surface area contributed by atoms with Gasteiger partial charge in [0.2, 0.25) is 0 Å². The minimum Gasteiger partial charge on any atom is -0.508 e. The van der Waals surface area contributed by atoms with Gasteiger partial charge in [-0.25, -0.2) is 4.39 Å². The average molecular weight is 181 g/mol.